The summed E-state index contributed by atoms with van der Waals surface area (Å²) in [7, 11) is 0. The van der Waals surface area contributed by atoms with Crippen LogP contribution in [-0.2, 0) is 0 Å². The van der Waals surface area contributed by atoms with E-state index >= 15 is 0 Å². The smallest absolute Gasteiger partial charge is 0.147 e. The van der Waals surface area contributed by atoms with Crippen LogP contribution in [0.4, 0.5) is 0 Å². The Kier molecular flexibility index (Phi) is 1.88. The van der Waals surface area contributed by atoms with Gasteiger partial charge in [0.1, 0.15) is 12.5 Å². The summed E-state index contributed by atoms with van der Waals surface area (Å²) in [6.07, 6.45) is -1.38. The van der Waals surface area contributed by atoms with Gasteiger partial charge in [0.15, 0.2) is 0 Å². The fourth-order valence-corrected chi connectivity index (χ4v) is 1.60. The SMILES string of the molecule is CC1CN1C(O)C(O)N1CC1C. The van der Waals surface area contributed by atoms with Crippen LogP contribution in [0.2, 0.25) is 0 Å². The molecule has 0 radical (unpaired) electrons. The Morgan fingerprint density at radius 1 is 1.00 bits per heavy atom. The Balaban J connectivity index is 1.83. The minimum absolute atomic E-state index is 0.435. The van der Waals surface area contributed by atoms with Gasteiger partial charge in [-0.1, -0.05) is 0 Å². The number of hydrogen-bond donors (Lipinski definition) is 2. The third kappa shape index (κ3) is 1.35. The molecular weight excluding hydrogens is 156 g/mol. The largest absolute Gasteiger partial charge is 0.374 e. The average Bonchev–Trinajstić information content (AvgIpc) is 2.88. The Labute approximate surface area is 72.4 Å². The molecule has 2 aliphatic rings. The Morgan fingerprint density at radius 3 is 1.42 bits per heavy atom. The lowest BCUT2D eigenvalue weighted by Gasteiger charge is -2.20. The molecule has 2 heterocycles. The quantitative estimate of drug-likeness (QED) is 0.538. The van der Waals surface area contributed by atoms with Crippen LogP contribution in [0.25, 0.3) is 0 Å². The van der Waals surface area contributed by atoms with Crippen LogP contribution >= 0.6 is 0 Å². The molecule has 0 saturated carbocycles. The van der Waals surface area contributed by atoms with E-state index in [-0.39, 0.29) is 0 Å². The van der Waals surface area contributed by atoms with Crippen molar-refractivity contribution < 1.29 is 10.2 Å². The summed E-state index contributed by atoms with van der Waals surface area (Å²) in [5, 5.41) is 19.2. The summed E-state index contributed by atoms with van der Waals surface area (Å²) in [6, 6.07) is 0.870. The molecule has 6 atom stereocenters. The predicted molar refractivity (Wildman–Crippen MR) is 44.3 cm³/mol. The predicted octanol–water partition coefficient (Wildman–Crippen LogP) is -0.969. The van der Waals surface area contributed by atoms with E-state index in [0.717, 1.165) is 13.1 Å². The molecule has 2 N–H and O–H groups in total. The van der Waals surface area contributed by atoms with Gasteiger partial charge in [0.2, 0.25) is 0 Å². The molecule has 0 aromatic rings. The first kappa shape index (κ1) is 8.44. The van der Waals surface area contributed by atoms with E-state index < -0.39 is 12.5 Å². The van der Waals surface area contributed by atoms with Crippen molar-refractivity contribution in [2.75, 3.05) is 13.1 Å². The summed E-state index contributed by atoms with van der Waals surface area (Å²) in [5.41, 5.74) is 0. The fourth-order valence-electron chi connectivity index (χ4n) is 1.60. The molecule has 0 aliphatic carbocycles. The maximum absolute atomic E-state index is 9.59. The van der Waals surface area contributed by atoms with E-state index in [0.29, 0.717) is 12.1 Å². The van der Waals surface area contributed by atoms with Crippen molar-refractivity contribution in [1.29, 1.82) is 0 Å². The second-order valence-corrected chi connectivity index (χ2v) is 3.92. The van der Waals surface area contributed by atoms with Crippen molar-refractivity contribution >= 4 is 0 Å². The first-order chi connectivity index (χ1) is 5.61. The van der Waals surface area contributed by atoms with Crippen LogP contribution in [0.3, 0.4) is 0 Å². The van der Waals surface area contributed by atoms with Crippen LogP contribution in [0.1, 0.15) is 13.8 Å². The van der Waals surface area contributed by atoms with E-state index in [2.05, 4.69) is 0 Å². The first-order valence-electron chi connectivity index (χ1n) is 4.49. The lowest BCUT2D eigenvalue weighted by molar-refractivity contribution is -0.0893. The highest BCUT2D eigenvalue weighted by Gasteiger charge is 2.45. The van der Waals surface area contributed by atoms with Gasteiger partial charge in [-0.2, -0.15) is 0 Å². The number of aliphatic hydroxyl groups is 2. The third-order valence-electron chi connectivity index (χ3n) is 2.76. The monoisotopic (exact) mass is 172 g/mol. The highest BCUT2D eigenvalue weighted by Crippen LogP contribution is 2.27. The van der Waals surface area contributed by atoms with E-state index in [1.807, 2.05) is 23.6 Å². The molecule has 2 fully saturated rings. The second kappa shape index (κ2) is 2.67. The van der Waals surface area contributed by atoms with Gasteiger partial charge in [-0.25, -0.2) is 0 Å². The topological polar surface area (TPSA) is 46.5 Å². The van der Waals surface area contributed by atoms with Crippen molar-refractivity contribution in [2.24, 2.45) is 0 Å². The summed E-state index contributed by atoms with van der Waals surface area (Å²) in [4.78, 5) is 3.77. The molecule has 2 aliphatic heterocycles. The van der Waals surface area contributed by atoms with Crippen LogP contribution in [0.15, 0.2) is 0 Å². The molecular formula is C8H16N2O2. The molecule has 6 unspecified atom stereocenters. The minimum atomic E-state index is -0.690. The molecule has 0 spiro atoms. The molecule has 0 bridgehead atoms. The summed E-state index contributed by atoms with van der Waals surface area (Å²) < 4.78 is 0. The van der Waals surface area contributed by atoms with E-state index in [4.69, 9.17) is 0 Å². The number of nitrogens with zero attached hydrogens (tertiary/aromatic N) is 2. The molecule has 2 rings (SSSR count). The van der Waals surface area contributed by atoms with Gasteiger partial charge in [-0.05, 0) is 13.8 Å². The van der Waals surface area contributed by atoms with Crippen molar-refractivity contribution in [2.45, 2.75) is 38.4 Å². The first-order valence-corrected chi connectivity index (χ1v) is 4.49. The van der Waals surface area contributed by atoms with Crippen molar-refractivity contribution in [3.05, 3.63) is 0 Å². The zero-order valence-electron chi connectivity index (χ0n) is 7.51. The summed E-state index contributed by atoms with van der Waals surface area (Å²) in [6.45, 7) is 5.89. The summed E-state index contributed by atoms with van der Waals surface area (Å²) >= 11 is 0. The standard InChI is InChI=1S/C8H16N2O2/c1-5-3-9(5)7(11)8(12)10-4-6(10)2/h5-8,11-12H,3-4H2,1-2H3. The second-order valence-electron chi connectivity index (χ2n) is 3.92. The van der Waals surface area contributed by atoms with E-state index in [1.54, 1.807) is 0 Å². The van der Waals surface area contributed by atoms with Crippen LogP contribution in [0, 0.1) is 0 Å². The van der Waals surface area contributed by atoms with Gasteiger partial charge >= 0.3 is 0 Å². The Morgan fingerprint density at radius 2 is 1.25 bits per heavy atom. The lowest BCUT2D eigenvalue weighted by Crippen LogP contribution is -2.39. The molecule has 0 aromatic carbocycles. The lowest BCUT2D eigenvalue weighted by atomic mass is 10.4. The van der Waals surface area contributed by atoms with Crippen LogP contribution in [0.5, 0.6) is 0 Å². The zero-order valence-corrected chi connectivity index (χ0v) is 7.51. The van der Waals surface area contributed by atoms with Crippen molar-refractivity contribution in [3.8, 4) is 0 Å². The Bertz CT molecular complexity index is 168. The normalized spacial score (nSPS) is 50.0. The maximum Gasteiger partial charge on any atom is 0.147 e. The molecule has 12 heavy (non-hydrogen) atoms. The average molecular weight is 172 g/mol. The number of aliphatic hydroxyl groups excluding tert-OH is 2. The van der Waals surface area contributed by atoms with Gasteiger partial charge in [0, 0.05) is 25.2 Å². The maximum atomic E-state index is 9.59. The highest BCUT2D eigenvalue weighted by molar-refractivity contribution is 4.94. The Hall–Kier alpha value is -0.160. The van der Waals surface area contributed by atoms with Gasteiger partial charge in [0.05, 0.1) is 0 Å². The van der Waals surface area contributed by atoms with Crippen LogP contribution < -0.4 is 0 Å². The van der Waals surface area contributed by atoms with E-state index in [9.17, 15) is 10.2 Å². The van der Waals surface area contributed by atoms with E-state index in [1.165, 1.54) is 0 Å². The highest BCUT2D eigenvalue weighted by atomic mass is 16.4. The van der Waals surface area contributed by atoms with Crippen LogP contribution in [-0.4, -0.2) is 57.6 Å². The molecule has 0 amide bonds. The molecule has 4 nitrogen and oxygen atoms in total. The van der Waals surface area contributed by atoms with Gasteiger partial charge in [-0.3, -0.25) is 9.80 Å². The summed E-state index contributed by atoms with van der Waals surface area (Å²) in [5.74, 6) is 0. The van der Waals surface area contributed by atoms with Gasteiger partial charge in [0.25, 0.3) is 0 Å². The number of hydrogen-bond acceptors (Lipinski definition) is 4. The minimum Gasteiger partial charge on any atom is -0.374 e. The third-order valence-corrected chi connectivity index (χ3v) is 2.76. The number of rotatable bonds is 3. The van der Waals surface area contributed by atoms with Crippen molar-refractivity contribution in [3.63, 3.8) is 0 Å². The zero-order chi connectivity index (χ0) is 8.88. The van der Waals surface area contributed by atoms with Gasteiger partial charge < -0.3 is 10.2 Å². The van der Waals surface area contributed by atoms with Gasteiger partial charge in [-0.15, -0.1) is 0 Å². The van der Waals surface area contributed by atoms with Crippen molar-refractivity contribution in [1.82, 2.24) is 9.80 Å². The fraction of sp³-hybridized carbons (Fsp3) is 1.00. The molecule has 2 saturated heterocycles. The molecule has 70 valence electrons. The molecule has 4 heteroatoms. The molecule has 0 aromatic heterocycles.